The van der Waals surface area contributed by atoms with Crippen LogP contribution in [-0.2, 0) is 9.47 Å². The van der Waals surface area contributed by atoms with Gasteiger partial charge < -0.3 is 29.9 Å². The molecule has 1 aliphatic rings. The summed E-state index contributed by atoms with van der Waals surface area (Å²) >= 11 is 0. The molecule has 0 bridgehead atoms. The van der Waals surface area contributed by atoms with Gasteiger partial charge in [0.2, 0.25) is 0 Å². The molecule has 1 saturated heterocycles. The van der Waals surface area contributed by atoms with Gasteiger partial charge in [-0.05, 0) is 0 Å². The largest absolute Gasteiger partial charge is 0.394 e. The SMILES string of the molecule is C=C(C#N)CO[C@@H]1O[C@H](CO)[C@@H](O)[C@H](O)[C@@H]1O. The Bertz CT molecular complexity index is 312. The standard InChI is InChI=1S/C10H15NO6/c1-5(2-11)4-16-10-9(15)8(14)7(13)6(3-12)17-10/h6-10,12-15H,1,3-4H2/t6-,7-,8+,9+,10-/m1/s1. The van der Waals surface area contributed by atoms with Crippen LogP contribution in [0.4, 0.5) is 0 Å². The molecule has 1 rings (SSSR count). The Hall–Kier alpha value is -1.01. The van der Waals surface area contributed by atoms with Crippen LogP contribution in [0.25, 0.3) is 0 Å². The fourth-order valence-corrected chi connectivity index (χ4v) is 1.42. The molecule has 0 aromatic carbocycles. The summed E-state index contributed by atoms with van der Waals surface area (Å²) in [5.74, 6) is 0. The summed E-state index contributed by atoms with van der Waals surface area (Å²) in [6, 6.07) is 1.75. The van der Waals surface area contributed by atoms with Crippen molar-refractivity contribution in [2.24, 2.45) is 0 Å². The molecule has 0 aromatic rings. The van der Waals surface area contributed by atoms with Crippen molar-refractivity contribution in [2.75, 3.05) is 13.2 Å². The van der Waals surface area contributed by atoms with Crippen molar-refractivity contribution in [3.63, 3.8) is 0 Å². The van der Waals surface area contributed by atoms with Gasteiger partial charge in [-0.2, -0.15) is 5.26 Å². The maximum atomic E-state index is 9.55. The summed E-state index contributed by atoms with van der Waals surface area (Å²) in [7, 11) is 0. The molecule has 1 aliphatic heterocycles. The predicted molar refractivity (Wildman–Crippen MR) is 54.5 cm³/mol. The predicted octanol–water partition coefficient (Wildman–Crippen LogP) is -2.12. The zero-order valence-electron chi connectivity index (χ0n) is 9.06. The molecule has 1 fully saturated rings. The van der Waals surface area contributed by atoms with Crippen molar-refractivity contribution < 1.29 is 29.9 Å². The molecular formula is C10H15NO6. The molecule has 96 valence electrons. The first-order valence-corrected chi connectivity index (χ1v) is 5.01. The summed E-state index contributed by atoms with van der Waals surface area (Å²) < 4.78 is 10.1. The molecule has 4 N–H and O–H groups in total. The highest BCUT2D eigenvalue weighted by atomic mass is 16.7. The number of hydrogen-bond acceptors (Lipinski definition) is 7. The quantitative estimate of drug-likeness (QED) is 0.418. The number of aliphatic hydroxyl groups excluding tert-OH is 4. The molecule has 7 nitrogen and oxygen atoms in total. The molecule has 0 unspecified atom stereocenters. The summed E-state index contributed by atoms with van der Waals surface area (Å²) in [4.78, 5) is 0. The fourth-order valence-electron chi connectivity index (χ4n) is 1.42. The van der Waals surface area contributed by atoms with Crippen molar-refractivity contribution in [1.82, 2.24) is 0 Å². The summed E-state index contributed by atoms with van der Waals surface area (Å²) in [6.07, 6.45) is -6.61. The number of aliphatic hydroxyl groups is 4. The Morgan fingerprint density at radius 1 is 1.29 bits per heavy atom. The first-order chi connectivity index (χ1) is 8.01. The number of nitrogens with zero attached hydrogens (tertiary/aromatic N) is 1. The number of ether oxygens (including phenoxy) is 2. The second-order valence-corrected chi connectivity index (χ2v) is 3.72. The van der Waals surface area contributed by atoms with Crippen molar-refractivity contribution in [1.29, 1.82) is 5.26 Å². The minimum atomic E-state index is -1.48. The number of hydrogen-bond donors (Lipinski definition) is 4. The van der Waals surface area contributed by atoms with Gasteiger partial charge in [-0.3, -0.25) is 0 Å². The maximum Gasteiger partial charge on any atom is 0.187 e. The van der Waals surface area contributed by atoms with Crippen LogP contribution in [-0.4, -0.2) is 64.3 Å². The molecule has 0 saturated carbocycles. The Labute approximate surface area is 98.1 Å². The smallest absolute Gasteiger partial charge is 0.187 e. The molecule has 0 aliphatic carbocycles. The lowest BCUT2D eigenvalue weighted by Crippen LogP contribution is -2.59. The second-order valence-electron chi connectivity index (χ2n) is 3.72. The Morgan fingerprint density at radius 3 is 2.47 bits per heavy atom. The van der Waals surface area contributed by atoms with Crippen LogP contribution in [0.5, 0.6) is 0 Å². The van der Waals surface area contributed by atoms with Crippen LogP contribution in [0.3, 0.4) is 0 Å². The van der Waals surface area contributed by atoms with E-state index in [4.69, 9.17) is 19.8 Å². The van der Waals surface area contributed by atoms with Crippen molar-refractivity contribution in [3.05, 3.63) is 12.2 Å². The van der Waals surface area contributed by atoms with Gasteiger partial charge in [-0.1, -0.05) is 6.58 Å². The van der Waals surface area contributed by atoms with Gasteiger partial charge in [-0.15, -0.1) is 0 Å². The molecule has 1 heterocycles. The van der Waals surface area contributed by atoms with E-state index in [-0.39, 0.29) is 12.2 Å². The van der Waals surface area contributed by atoms with Gasteiger partial charge in [0.25, 0.3) is 0 Å². The minimum absolute atomic E-state index is 0.127. The first kappa shape index (κ1) is 14.1. The van der Waals surface area contributed by atoms with E-state index in [0.29, 0.717) is 0 Å². The highest BCUT2D eigenvalue weighted by Gasteiger charge is 2.43. The Balaban J connectivity index is 2.60. The number of nitriles is 1. The highest BCUT2D eigenvalue weighted by Crippen LogP contribution is 2.22. The highest BCUT2D eigenvalue weighted by molar-refractivity contribution is 5.15. The van der Waals surface area contributed by atoms with Crippen LogP contribution in [0.15, 0.2) is 12.2 Å². The molecule has 7 heteroatoms. The molecule has 0 aromatic heterocycles. The average molecular weight is 245 g/mol. The van der Waals surface area contributed by atoms with E-state index >= 15 is 0 Å². The van der Waals surface area contributed by atoms with Crippen molar-refractivity contribution >= 4 is 0 Å². The van der Waals surface area contributed by atoms with E-state index in [1.807, 2.05) is 0 Å². The van der Waals surface area contributed by atoms with Gasteiger partial charge in [0.05, 0.1) is 19.3 Å². The molecule has 0 spiro atoms. The summed E-state index contributed by atoms with van der Waals surface area (Å²) in [5.41, 5.74) is 0.127. The fraction of sp³-hybridized carbons (Fsp3) is 0.700. The van der Waals surface area contributed by atoms with Crippen LogP contribution >= 0.6 is 0 Å². The van der Waals surface area contributed by atoms with Crippen LogP contribution < -0.4 is 0 Å². The van der Waals surface area contributed by atoms with E-state index < -0.39 is 37.3 Å². The van der Waals surface area contributed by atoms with Gasteiger partial charge in [0.1, 0.15) is 24.4 Å². The Kier molecular flexibility index (Phi) is 5.02. The number of rotatable bonds is 4. The van der Waals surface area contributed by atoms with Gasteiger partial charge >= 0.3 is 0 Å². The lowest BCUT2D eigenvalue weighted by Gasteiger charge is -2.39. The molecular weight excluding hydrogens is 230 g/mol. The van der Waals surface area contributed by atoms with Gasteiger partial charge in [0, 0.05) is 5.57 Å². The molecule has 17 heavy (non-hydrogen) atoms. The minimum Gasteiger partial charge on any atom is -0.394 e. The van der Waals surface area contributed by atoms with Gasteiger partial charge in [-0.25, -0.2) is 0 Å². The maximum absolute atomic E-state index is 9.55. The third-order valence-electron chi connectivity index (χ3n) is 2.43. The topological polar surface area (TPSA) is 123 Å². The molecule has 0 amide bonds. The molecule has 0 radical (unpaired) electrons. The molecule has 5 atom stereocenters. The summed E-state index contributed by atoms with van der Waals surface area (Å²) in [6.45, 7) is 2.68. The third-order valence-corrected chi connectivity index (χ3v) is 2.43. The average Bonchev–Trinajstić information content (AvgIpc) is 2.34. The van der Waals surface area contributed by atoms with Crippen LogP contribution in [0.1, 0.15) is 0 Å². The monoisotopic (exact) mass is 245 g/mol. The zero-order chi connectivity index (χ0) is 13.0. The van der Waals surface area contributed by atoms with Crippen molar-refractivity contribution in [2.45, 2.75) is 30.7 Å². The van der Waals surface area contributed by atoms with E-state index in [0.717, 1.165) is 0 Å². The van der Waals surface area contributed by atoms with Crippen molar-refractivity contribution in [3.8, 4) is 6.07 Å². The van der Waals surface area contributed by atoms with Gasteiger partial charge in [0.15, 0.2) is 6.29 Å². The lowest BCUT2D eigenvalue weighted by molar-refractivity contribution is -0.298. The van der Waals surface area contributed by atoms with Crippen LogP contribution in [0.2, 0.25) is 0 Å². The zero-order valence-corrected chi connectivity index (χ0v) is 9.06. The van der Waals surface area contributed by atoms with E-state index in [1.54, 1.807) is 6.07 Å². The van der Waals surface area contributed by atoms with E-state index in [2.05, 4.69) is 6.58 Å². The summed E-state index contributed by atoms with van der Waals surface area (Å²) in [5, 5.41) is 45.8. The van der Waals surface area contributed by atoms with E-state index in [9.17, 15) is 15.3 Å². The first-order valence-electron chi connectivity index (χ1n) is 5.01. The normalized spacial score (nSPS) is 37.5. The lowest BCUT2D eigenvalue weighted by atomic mass is 9.99. The van der Waals surface area contributed by atoms with E-state index in [1.165, 1.54) is 0 Å². The second kappa shape index (κ2) is 6.07. The Morgan fingerprint density at radius 2 is 1.94 bits per heavy atom. The van der Waals surface area contributed by atoms with Crippen LogP contribution in [0, 0.1) is 11.3 Å². The third kappa shape index (κ3) is 3.23.